The van der Waals surface area contributed by atoms with Gasteiger partial charge in [0.1, 0.15) is 5.82 Å². The molecule has 0 aromatic heterocycles. The molecule has 18 heavy (non-hydrogen) atoms. The Hall–Kier alpha value is -1.62. The van der Waals surface area contributed by atoms with E-state index in [4.69, 9.17) is 5.73 Å². The second-order valence-electron chi connectivity index (χ2n) is 4.88. The van der Waals surface area contributed by atoms with Crippen molar-refractivity contribution in [2.24, 2.45) is 5.92 Å². The lowest BCUT2D eigenvalue weighted by molar-refractivity contribution is -0.117. The fourth-order valence-electron chi connectivity index (χ4n) is 1.76. The van der Waals surface area contributed by atoms with E-state index < -0.39 is 5.82 Å². The summed E-state index contributed by atoms with van der Waals surface area (Å²) in [5.41, 5.74) is 6.08. The van der Waals surface area contributed by atoms with Gasteiger partial charge in [-0.05, 0) is 31.2 Å². The number of nitrogens with zero attached hydrogens (tertiary/aromatic N) is 1. The van der Waals surface area contributed by atoms with E-state index in [0.717, 1.165) is 6.54 Å². The Morgan fingerprint density at radius 3 is 2.78 bits per heavy atom. The fourth-order valence-corrected chi connectivity index (χ4v) is 1.76. The second-order valence-corrected chi connectivity index (χ2v) is 4.88. The van der Waals surface area contributed by atoms with Crippen LogP contribution < -0.4 is 11.1 Å². The Morgan fingerprint density at radius 2 is 2.17 bits per heavy atom. The third kappa shape index (κ3) is 4.71. The third-order valence-corrected chi connectivity index (χ3v) is 2.35. The molecule has 1 aromatic rings. The molecule has 1 aromatic carbocycles. The molecule has 0 radical (unpaired) electrons. The maximum absolute atomic E-state index is 13.4. The molecule has 0 saturated heterocycles. The first-order valence-electron chi connectivity index (χ1n) is 5.92. The summed E-state index contributed by atoms with van der Waals surface area (Å²) in [6, 6.07) is 4.11. The van der Waals surface area contributed by atoms with Crippen molar-refractivity contribution in [3.05, 3.63) is 24.0 Å². The minimum Gasteiger partial charge on any atom is -0.399 e. The number of hydrogen-bond donors (Lipinski definition) is 2. The van der Waals surface area contributed by atoms with Gasteiger partial charge in [0.05, 0.1) is 12.2 Å². The normalized spacial score (nSPS) is 11.0. The maximum Gasteiger partial charge on any atom is 0.238 e. The summed E-state index contributed by atoms with van der Waals surface area (Å²) < 4.78 is 13.4. The van der Waals surface area contributed by atoms with Crippen LogP contribution in [0.2, 0.25) is 0 Å². The standard InChI is InChI=1S/C13H20FN3O/c1-9(2)7-17(3)8-13(18)16-12-6-10(15)4-5-11(12)14/h4-6,9H,7-8,15H2,1-3H3,(H,16,18). The monoisotopic (exact) mass is 253 g/mol. The average molecular weight is 253 g/mol. The highest BCUT2D eigenvalue weighted by molar-refractivity contribution is 5.92. The number of halogens is 1. The van der Waals surface area contributed by atoms with Crippen molar-refractivity contribution in [2.75, 3.05) is 31.2 Å². The number of nitrogen functional groups attached to an aromatic ring is 1. The van der Waals surface area contributed by atoms with E-state index in [1.54, 1.807) is 0 Å². The molecule has 3 N–H and O–H groups in total. The number of hydrogen-bond acceptors (Lipinski definition) is 3. The molecule has 0 saturated carbocycles. The minimum absolute atomic E-state index is 0.123. The van der Waals surface area contributed by atoms with Gasteiger partial charge in [-0.2, -0.15) is 0 Å². The van der Waals surface area contributed by atoms with Gasteiger partial charge in [0.25, 0.3) is 0 Å². The number of rotatable bonds is 5. The number of anilines is 2. The van der Waals surface area contributed by atoms with Crippen molar-refractivity contribution >= 4 is 17.3 Å². The van der Waals surface area contributed by atoms with Crippen molar-refractivity contribution in [1.29, 1.82) is 0 Å². The summed E-state index contributed by atoms with van der Waals surface area (Å²) in [6.45, 7) is 5.19. The molecule has 0 aliphatic heterocycles. The van der Waals surface area contributed by atoms with Gasteiger partial charge in [-0.15, -0.1) is 0 Å². The Morgan fingerprint density at radius 1 is 1.50 bits per heavy atom. The molecule has 0 bridgehead atoms. The molecule has 0 spiro atoms. The molecule has 1 rings (SSSR count). The number of amides is 1. The van der Waals surface area contributed by atoms with E-state index in [0.29, 0.717) is 11.6 Å². The molecular weight excluding hydrogens is 233 g/mol. The highest BCUT2D eigenvalue weighted by Crippen LogP contribution is 2.17. The van der Waals surface area contributed by atoms with E-state index in [9.17, 15) is 9.18 Å². The zero-order valence-electron chi connectivity index (χ0n) is 11.0. The van der Waals surface area contributed by atoms with Gasteiger partial charge in [-0.25, -0.2) is 4.39 Å². The van der Waals surface area contributed by atoms with Crippen molar-refractivity contribution in [3.63, 3.8) is 0 Å². The van der Waals surface area contributed by atoms with E-state index in [1.807, 2.05) is 11.9 Å². The Labute approximate surface area is 107 Å². The molecule has 0 heterocycles. The molecule has 0 aliphatic rings. The lowest BCUT2D eigenvalue weighted by Gasteiger charge is -2.18. The topological polar surface area (TPSA) is 58.4 Å². The number of nitrogens with two attached hydrogens (primary N) is 1. The first-order chi connectivity index (χ1) is 8.38. The number of likely N-dealkylation sites (N-methyl/N-ethyl adjacent to an activating group) is 1. The highest BCUT2D eigenvalue weighted by Gasteiger charge is 2.10. The predicted molar refractivity (Wildman–Crippen MR) is 71.8 cm³/mol. The minimum atomic E-state index is -0.482. The average Bonchev–Trinajstić information content (AvgIpc) is 2.21. The number of benzene rings is 1. The molecule has 1 amide bonds. The molecule has 0 aliphatic carbocycles. The molecule has 4 nitrogen and oxygen atoms in total. The van der Waals surface area contributed by atoms with E-state index in [-0.39, 0.29) is 18.1 Å². The smallest absolute Gasteiger partial charge is 0.238 e. The van der Waals surface area contributed by atoms with E-state index in [2.05, 4.69) is 19.2 Å². The maximum atomic E-state index is 13.4. The van der Waals surface area contributed by atoms with Gasteiger partial charge in [0.15, 0.2) is 0 Å². The molecule has 0 atom stereocenters. The van der Waals surface area contributed by atoms with Crippen LogP contribution in [0.25, 0.3) is 0 Å². The van der Waals surface area contributed by atoms with Crippen molar-refractivity contribution in [1.82, 2.24) is 4.90 Å². The molecular formula is C13H20FN3O. The van der Waals surface area contributed by atoms with Gasteiger partial charge >= 0.3 is 0 Å². The summed E-state index contributed by atoms with van der Waals surface area (Å²) >= 11 is 0. The van der Waals surface area contributed by atoms with Crippen LogP contribution in [0.4, 0.5) is 15.8 Å². The number of nitrogens with one attached hydrogen (secondary N) is 1. The summed E-state index contributed by atoms with van der Waals surface area (Å²) in [5.74, 6) is -0.251. The highest BCUT2D eigenvalue weighted by atomic mass is 19.1. The second kappa shape index (κ2) is 6.35. The summed E-state index contributed by atoms with van der Waals surface area (Å²) in [7, 11) is 1.86. The van der Waals surface area contributed by atoms with Crippen molar-refractivity contribution < 1.29 is 9.18 Å². The lowest BCUT2D eigenvalue weighted by Crippen LogP contribution is -2.32. The summed E-state index contributed by atoms with van der Waals surface area (Å²) in [5, 5.41) is 2.52. The number of carbonyl (C=O) groups is 1. The SMILES string of the molecule is CC(C)CN(C)CC(=O)Nc1cc(N)ccc1F. The van der Waals surface area contributed by atoms with Crippen LogP contribution in [0.1, 0.15) is 13.8 Å². The predicted octanol–water partition coefficient (Wildman–Crippen LogP) is 1.93. The molecule has 5 heteroatoms. The van der Waals surface area contributed by atoms with Crippen LogP contribution in [0.5, 0.6) is 0 Å². The van der Waals surface area contributed by atoms with Crippen LogP contribution in [-0.2, 0) is 4.79 Å². The number of carbonyl (C=O) groups excluding carboxylic acids is 1. The van der Waals surface area contributed by atoms with Crippen molar-refractivity contribution in [3.8, 4) is 0 Å². The quantitative estimate of drug-likeness (QED) is 0.788. The molecule has 0 fully saturated rings. The van der Waals surface area contributed by atoms with Gasteiger partial charge in [-0.1, -0.05) is 13.8 Å². The van der Waals surface area contributed by atoms with Crippen LogP contribution in [0.15, 0.2) is 18.2 Å². The van der Waals surface area contributed by atoms with Crippen LogP contribution >= 0.6 is 0 Å². The first-order valence-corrected chi connectivity index (χ1v) is 5.92. The van der Waals surface area contributed by atoms with Gasteiger partial charge in [0.2, 0.25) is 5.91 Å². The Bertz CT molecular complexity index is 421. The van der Waals surface area contributed by atoms with Crippen molar-refractivity contribution in [2.45, 2.75) is 13.8 Å². The van der Waals surface area contributed by atoms with Crippen LogP contribution in [-0.4, -0.2) is 30.9 Å². The lowest BCUT2D eigenvalue weighted by atomic mass is 10.2. The molecule has 0 unspecified atom stereocenters. The first kappa shape index (κ1) is 14.4. The van der Waals surface area contributed by atoms with Gasteiger partial charge < -0.3 is 11.1 Å². The Balaban J connectivity index is 2.56. The summed E-state index contributed by atoms with van der Waals surface area (Å²) in [4.78, 5) is 13.6. The molecule has 100 valence electrons. The zero-order chi connectivity index (χ0) is 13.7. The largest absolute Gasteiger partial charge is 0.399 e. The van der Waals surface area contributed by atoms with E-state index >= 15 is 0 Å². The van der Waals surface area contributed by atoms with Crippen LogP contribution in [0, 0.1) is 11.7 Å². The van der Waals surface area contributed by atoms with Gasteiger partial charge in [0, 0.05) is 12.2 Å². The fraction of sp³-hybridized carbons (Fsp3) is 0.462. The summed E-state index contributed by atoms with van der Waals surface area (Å²) in [6.07, 6.45) is 0. The van der Waals surface area contributed by atoms with Crippen LogP contribution in [0.3, 0.4) is 0 Å². The third-order valence-electron chi connectivity index (χ3n) is 2.35. The van der Waals surface area contributed by atoms with Gasteiger partial charge in [-0.3, -0.25) is 9.69 Å². The zero-order valence-corrected chi connectivity index (χ0v) is 11.0. The van der Waals surface area contributed by atoms with E-state index in [1.165, 1.54) is 18.2 Å². The Kier molecular flexibility index (Phi) is 5.09.